The van der Waals surface area contributed by atoms with Gasteiger partial charge in [0.15, 0.2) is 0 Å². The Morgan fingerprint density at radius 3 is 2.29 bits per heavy atom. The van der Waals surface area contributed by atoms with E-state index in [-0.39, 0.29) is 29.2 Å². The van der Waals surface area contributed by atoms with Crippen LogP contribution in [-0.4, -0.2) is 33.3 Å². The van der Waals surface area contributed by atoms with Crippen molar-refractivity contribution >= 4 is 5.91 Å². The van der Waals surface area contributed by atoms with Crippen molar-refractivity contribution in [3.8, 4) is 5.75 Å². The molecule has 0 saturated heterocycles. The van der Waals surface area contributed by atoms with Crippen LogP contribution in [0.15, 0.2) is 36.7 Å². The van der Waals surface area contributed by atoms with Crippen molar-refractivity contribution in [3.63, 3.8) is 0 Å². The predicted octanol–water partition coefficient (Wildman–Crippen LogP) is 2.63. The van der Waals surface area contributed by atoms with Gasteiger partial charge in [0, 0.05) is 5.56 Å². The van der Waals surface area contributed by atoms with Gasteiger partial charge < -0.3 is 10.1 Å². The summed E-state index contributed by atoms with van der Waals surface area (Å²) in [6.07, 6.45) is -1.68. The molecule has 0 saturated carbocycles. The standard InChI is InChI=1S/C15H17F3N4O2/c1-10(2)13(9-22-19-7-8-20-22)21-14(23)11-3-5-12(6-4-11)24-15(16,17)18/h3-8,10,13H,9H2,1-2H3,(H,21,23). The van der Waals surface area contributed by atoms with E-state index in [4.69, 9.17) is 0 Å². The van der Waals surface area contributed by atoms with Crippen LogP contribution >= 0.6 is 0 Å². The van der Waals surface area contributed by atoms with Crippen molar-refractivity contribution in [1.82, 2.24) is 20.3 Å². The van der Waals surface area contributed by atoms with Crippen LogP contribution < -0.4 is 10.1 Å². The number of nitrogens with one attached hydrogen (secondary N) is 1. The molecule has 1 atom stereocenters. The number of alkyl halides is 3. The molecule has 24 heavy (non-hydrogen) atoms. The maximum Gasteiger partial charge on any atom is 0.573 e. The Hall–Kier alpha value is -2.58. The second kappa shape index (κ2) is 7.33. The summed E-state index contributed by atoms with van der Waals surface area (Å²) in [5, 5.41) is 10.8. The van der Waals surface area contributed by atoms with Crippen molar-refractivity contribution in [3.05, 3.63) is 42.2 Å². The average Bonchev–Trinajstić information content (AvgIpc) is 2.98. The Balaban J connectivity index is 2.01. The highest BCUT2D eigenvalue weighted by molar-refractivity contribution is 5.94. The predicted molar refractivity (Wildman–Crippen MR) is 79.2 cm³/mol. The number of rotatable bonds is 6. The normalized spacial score (nSPS) is 12.9. The van der Waals surface area contributed by atoms with Gasteiger partial charge in [0.2, 0.25) is 0 Å². The van der Waals surface area contributed by atoms with Crippen LogP contribution in [0.25, 0.3) is 0 Å². The molecular weight excluding hydrogens is 325 g/mol. The fourth-order valence-corrected chi connectivity index (χ4v) is 2.00. The molecule has 2 rings (SSSR count). The van der Waals surface area contributed by atoms with E-state index >= 15 is 0 Å². The van der Waals surface area contributed by atoms with Crippen LogP contribution in [0.5, 0.6) is 5.75 Å². The van der Waals surface area contributed by atoms with Crippen LogP contribution in [0, 0.1) is 5.92 Å². The lowest BCUT2D eigenvalue weighted by molar-refractivity contribution is -0.274. The van der Waals surface area contributed by atoms with Crippen LogP contribution in [-0.2, 0) is 6.54 Å². The zero-order valence-corrected chi connectivity index (χ0v) is 13.1. The summed E-state index contributed by atoms with van der Waals surface area (Å²) in [7, 11) is 0. The first-order valence-electron chi connectivity index (χ1n) is 7.25. The van der Waals surface area contributed by atoms with Gasteiger partial charge in [0.25, 0.3) is 5.91 Å². The van der Waals surface area contributed by atoms with Crippen molar-refractivity contribution in [1.29, 1.82) is 0 Å². The minimum Gasteiger partial charge on any atom is -0.406 e. The lowest BCUT2D eigenvalue weighted by Gasteiger charge is -2.22. The molecule has 1 N–H and O–H groups in total. The van der Waals surface area contributed by atoms with E-state index in [0.717, 1.165) is 12.1 Å². The fourth-order valence-electron chi connectivity index (χ4n) is 2.00. The van der Waals surface area contributed by atoms with E-state index < -0.39 is 6.36 Å². The molecule has 1 amide bonds. The number of carbonyl (C=O) groups is 1. The van der Waals surface area contributed by atoms with Crippen molar-refractivity contribution < 1.29 is 22.7 Å². The molecule has 1 unspecified atom stereocenters. The summed E-state index contributed by atoms with van der Waals surface area (Å²) in [6, 6.07) is 4.53. The first-order chi connectivity index (χ1) is 11.2. The number of ether oxygens (including phenoxy) is 1. The number of halogens is 3. The SMILES string of the molecule is CC(C)C(Cn1nccn1)NC(=O)c1ccc(OC(F)(F)F)cc1. The van der Waals surface area contributed by atoms with Crippen molar-refractivity contribution in [2.75, 3.05) is 0 Å². The summed E-state index contributed by atoms with van der Waals surface area (Å²) in [6.45, 7) is 4.27. The first kappa shape index (κ1) is 17.8. The van der Waals surface area contributed by atoms with Gasteiger partial charge >= 0.3 is 6.36 Å². The highest BCUT2D eigenvalue weighted by atomic mass is 19.4. The quantitative estimate of drug-likeness (QED) is 0.876. The molecule has 0 aliphatic rings. The average molecular weight is 342 g/mol. The molecular formula is C15H17F3N4O2. The third-order valence-corrected chi connectivity index (χ3v) is 3.30. The largest absolute Gasteiger partial charge is 0.573 e. The highest BCUT2D eigenvalue weighted by Gasteiger charge is 2.31. The zero-order chi connectivity index (χ0) is 17.7. The smallest absolute Gasteiger partial charge is 0.406 e. The second-order valence-corrected chi connectivity index (χ2v) is 5.48. The van der Waals surface area contributed by atoms with E-state index in [9.17, 15) is 18.0 Å². The van der Waals surface area contributed by atoms with E-state index in [0.29, 0.717) is 6.54 Å². The Bertz CT molecular complexity index is 654. The molecule has 1 aromatic heterocycles. The molecule has 0 aliphatic heterocycles. The third kappa shape index (κ3) is 5.25. The van der Waals surface area contributed by atoms with Crippen LogP contribution in [0.2, 0.25) is 0 Å². The molecule has 130 valence electrons. The summed E-state index contributed by atoms with van der Waals surface area (Å²) >= 11 is 0. The molecule has 2 aromatic rings. The number of nitrogens with zero attached hydrogens (tertiary/aromatic N) is 3. The summed E-state index contributed by atoms with van der Waals surface area (Å²) < 4.78 is 40.2. The monoisotopic (exact) mass is 342 g/mol. The topological polar surface area (TPSA) is 69.0 Å². The minimum absolute atomic E-state index is 0.118. The molecule has 6 nitrogen and oxygen atoms in total. The Labute approximate surface area is 136 Å². The Morgan fingerprint density at radius 1 is 1.21 bits per heavy atom. The molecule has 0 radical (unpaired) electrons. The third-order valence-electron chi connectivity index (χ3n) is 3.30. The van der Waals surface area contributed by atoms with E-state index in [1.807, 2.05) is 13.8 Å². The summed E-state index contributed by atoms with van der Waals surface area (Å²) in [5.74, 6) is -0.646. The van der Waals surface area contributed by atoms with E-state index in [1.54, 1.807) is 12.4 Å². The van der Waals surface area contributed by atoms with Gasteiger partial charge in [-0.05, 0) is 30.2 Å². The maximum atomic E-state index is 12.3. The lowest BCUT2D eigenvalue weighted by atomic mass is 10.0. The summed E-state index contributed by atoms with van der Waals surface area (Å²) in [4.78, 5) is 13.7. The number of hydrogen-bond donors (Lipinski definition) is 1. The van der Waals surface area contributed by atoms with Gasteiger partial charge in [0.05, 0.1) is 25.0 Å². The van der Waals surface area contributed by atoms with Gasteiger partial charge in [-0.2, -0.15) is 15.0 Å². The van der Waals surface area contributed by atoms with E-state index in [2.05, 4.69) is 20.3 Å². The molecule has 0 aliphatic carbocycles. The Kier molecular flexibility index (Phi) is 5.42. The number of hydrogen-bond acceptors (Lipinski definition) is 4. The molecule has 0 spiro atoms. The number of carbonyl (C=O) groups excluding carboxylic acids is 1. The van der Waals surface area contributed by atoms with Crippen LogP contribution in [0.4, 0.5) is 13.2 Å². The van der Waals surface area contributed by atoms with Crippen LogP contribution in [0.3, 0.4) is 0 Å². The lowest BCUT2D eigenvalue weighted by Crippen LogP contribution is -2.42. The Morgan fingerprint density at radius 2 is 1.79 bits per heavy atom. The number of amides is 1. The minimum atomic E-state index is -4.76. The fraction of sp³-hybridized carbons (Fsp3) is 0.400. The van der Waals surface area contributed by atoms with Gasteiger partial charge in [-0.25, -0.2) is 0 Å². The van der Waals surface area contributed by atoms with Gasteiger partial charge in [-0.1, -0.05) is 13.8 Å². The molecule has 1 aromatic carbocycles. The number of aromatic nitrogens is 3. The first-order valence-corrected chi connectivity index (χ1v) is 7.25. The van der Waals surface area contributed by atoms with E-state index in [1.165, 1.54) is 16.9 Å². The second-order valence-electron chi connectivity index (χ2n) is 5.48. The number of benzene rings is 1. The molecule has 9 heteroatoms. The maximum absolute atomic E-state index is 12.3. The van der Waals surface area contributed by atoms with Crippen molar-refractivity contribution in [2.24, 2.45) is 5.92 Å². The zero-order valence-electron chi connectivity index (χ0n) is 13.1. The molecule has 0 bridgehead atoms. The van der Waals surface area contributed by atoms with Gasteiger partial charge in [0.1, 0.15) is 5.75 Å². The van der Waals surface area contributed by atoms with Gasteiger partial charge in [-0.15, -0.1) is 13.2 Å². The molecule has 0 fully saturated rings. The van der Waals surface area contributed by atoms with Crippen LogP contribution in [0.1, 0.15) is 24.2 Å². The summed E-state index contributed by atoms with van der Waals surface area (Å²) in [5.41, 5.74) is 0.239. The highest BCUT2D eigenvalue weighted by Crippen LogP contribution is 2.22. The van der Waals surface area contributed by atoms with Crippen molar-refractivity contribution in [2.45, 2.75) is 32.8 Å². The molecule has 1 heterocycles. The van der Waals surface area contributed by atoms with Gasteiger partial charge in [-0.3, -0.25) is 4.79 Å².